The van der Waals surface area contributed by atoms with Crippen molar-refractivity contribution in [1.29, 1.82) is 0 Å². The van der Waals surface area contributed by atoms with Gasteiger partial charge in [-0.15, -0.1) is 0 Å². The summed E-state index contributed by atoms with van der Waals surface area (Å²) >= 11 is 4.82. The summed E-state index contributed by atoms with van der Waals surface area (Å²) < 4.78 is 2.82. The minimum absolute atomic E-state index is 0.669. The Kier molecular flexibility index (Phi) is 3.46. The van der Waals surface area contributed by atoms with Crippen LogP contribution in [0.2, 0.25) is 0 Å². The van der Waals surface area contributed by atoms with E-state index >= 15 is 0 Å². The number of carbonyl (C=O) groups is 1. The van der Waals surface area contributed by atoms with Gasteiger partial charge in [-0.1, -0.05) is 27.7 Å². The molecule has 3 nitrogen and oxygen atoms in total. The Morgan fingerprint density at radius 2 is 2.31 bits per heavy atom. The van der Waals surface area contributed by atoms with Crippen LogP contribution in [0.25, 0.3) is 0 Å². The minimum Gasteiger partial charge on any atom is -0.329 e. The number of aromatic nitrogens is 2. The Bertz CT molecular complexity index is 524. The zero-order valence-corrected chi connectivity index (χ0v) is 11.0. The second-order valence-corrected chi connectivity index (χ2v) is 5.15. The fourth-order valence-corrected chi connectivity index (χ4v) is 2.51. The lowest BCUT2D eigenvalue weighted by molar-refractivity contribution is 0.112. The molecule has 0 unspecified atom stereocenters. The molecule has 0 saturated carbocycles. The summed E-state index contributed by atoms with van der Waals surface area (Å²) in [6, 6.07) is 5.63. The average Bonchev–Trinajstić information content (AvgIpc) is 2.67. The quantitative estimate of drug-likeness (QED) is 0.816. The molecule has 1 aromatic heterocycles. The van der Waals surface area contributed by atoms with Crippen molar-refractivity contribution in [2.45, 2.75) is 10.1 Å². The molecule has 0 atom stereocenters. The van der Waals surface area contributed by atoms with Crippen molar-refractivity contribution in [2.75, 3.05) is 0 Å². The third kappa shape index (κ3) is 2.36. The monoisotopic (exact) mass is 296 g/mol. The largest absolute Gasteiger partial charge is 0.329 e. The number of carbonyl (C=O) groups excluding carboxylic acids is 1. The first-order chi connectivity index (χ1) is 7.70. The molecule has 0 bridgehead atoms. The number of aldehydes is 1. The molecule has 0 aliphatic carbocycles. The molecule has 5 heteroatoms. The highest BCUT2D eigenvalue weighted by atomic mass is 79.9. The number of aryl methyl sites for hydroxylation is 1. The molecule has 0 N–H and O–H groups in total. The number of imidazole rings is 1. The maximum absolute atomic E-state index is 10.9. The molecule has 0 fully saturated rings. The van der Waals surface area contributed by atoms with Crippen molar-refractivity contribution in [2.24, 2.45) is 7.05 Å². The zero-order chi connectivity index (χ0) is 11.5. The fourth-order valence-electron chi connectivity index (χ4n) is 1.25. The second-order valence-electron chi connectivity index (χ2n) is 3.22. The molecule has 0 saturated heterocycles. The van der Waals surface area contributed by atoms with Gasteiger partial charge in [-0.3, -0.25) is 4.79 Å². The summed E-state index contributed by atoms with van der Waals surface area (Å²) in [4.78, 5) is 16.0. The third-order valence-corrected chi connectivity index (χ3v) is 3.74. The molecular weight excluding hydrogens is 288 g/mol. The lowest BCUT2D eigenvalue weighted by Gasteiger charge is -2.04. The molecule has 0 aliphatic rings. The summed E-state index contributed by atoms with van der Waals surface area (Å²) in [6.07, 6.45) is 4.47. The van der Waals surface area contributed by atoms with E-state index in [-0.39, 0.29) is 0 Å². The van der Waals surface area contributed by atoms with Crippen LogP contribution in [0, 0.1) is 0 Å². The van der Waals surface area contributed by atoms with Crippen LogP contribution < -0.4 is 0 Å². The topological polar surface area (TPSA) is 34.9 Å². The highest BCUT2D eigenvalue weighted by Gasteiger charge is 2.07. The van der Waals surface area contributed by atoms with Gasteiger partial charge in [-0.05, 0) is 18.2 Å². The van der Waals surface area contributed by atoms with Crippen LogP contribution in [0.1, 0.15) is 10.4 Å². The van der Waals surface area contributed by atoms with Gasteiger partial charge in [0.25, 0.3) is 0 Å². The molecule has 0 spiro atoms. The van der Waals surface area contributed by atoms with Gasteiger partial charge in [-0.2, -0.15) is 0 Å². The predicted molar refractivity (Wildman–Crippen MR) is 66.9 cm³/mol. The standard InChI is InChI=1S/C11H9BrN2OS/c1-14-5-4-13-11(14)16-10-3-2-9(12)6-8(10)7-15/h2-7H,1H3. The predicted octanol–water partition coefficient (Wildman–Crippen LogP) is 3.15. The number of hydrogen-bond donors (Lipinski definition) is 0. The molecule has 2 aromatic rings. The number of benzene rings is 1. The van der Waals surface area contributed by atoms with Crippen molar-refractivity contribution >= 4 is 34.0 Å². The summed E-state index contributed by atoms with van der Waals surface area (Å²) in [5.41, 5.74) is 0.669. The first kappa shape index (κ1) is 11.4. The SMILES string of the molecule is Cn1ccnc1Sc1ccc(Br)cc1C=O. The van der Waals surface area contributed by atoms with Crippen LogP contribution in [0.4, 0.5) is 0 Å². The molecule has 0 radical (unpaired) electrons. The van der Waals surface area contributed by atoms with Crippen LogP contribution in [-0.2, 0) is 7.05 Å². The molecule has 2 rings (SSSR count). The first-order valence-electron chi connectivity index (χ1n) is 4.60. The lowest BCUT2D eigenvalue weighted by Crippen LogP contribution is -1.91. The van der Waals surface area contributed by atoms with Gasteiger partial charge in [0, 0.05) is 34.4 Å². The van der Waals surface area contributed by atoms with Crippen molar-refractivity contribution in [3.05, 3.63) is 40.6 Å². The normalized spacial score (nSPS) is 10.4. The van der Waals surface area contributed by atoms with Gasteiger partial charge < -0.3 is 4.57 Å². The maximum Gasteiger partial charge on any atom is 0.172 e. The number of hydrogen-bond acceptors (Lipinski definition) is 3. The average molecular weight is 297 g/mol. The summed E-state index contributed by atoms with van der Waals surface area (Å²) in [5, 5.41) is 0.866. The molecule has 1 aromatic carbocycles. The van der Waals surface area contributed by atoms with Gasteiger partial charge in [0.2, 0.25) is 0 Å². The molecule has 1 heterocycles. The Balaban J connectivity index is 2.34. The van der Waals surface area contributed by atoms with E-state index in [1.54, 1.807) is 12.3 Å². The van der Waals surface area contributed by atoms with E-state index in [4.69, 9.17) is 0 Å². The third-order valence-electron chi connectivity index (χ3n) is 2.08. The Labute approximate surface area is 106 Å². The van der Waals surface area contributed by atoms with E-state index in [0.29, 0.717) is 5.56 Å². The minimum atomic E-state index is 0.669. The highest BCUT2D eigenvalue weighted by molar-refractivity contribution is 9.10. The number of nitrogens with zero attached hydrogens (tertiary/aromatic N) is 2. The zero-order valence-electron chi connectivity index (χ0n) is 8.55. The van der Waals surface area contributed by atoms with E-state index in [1.165, 1.54) is 11.8 Å². The first-order valence-corrected chi connectivity index (χ1v) is 6.21. The van der Waals surface area contributed by atoms with Crippen LogP contribution in [0.5, 0.6) is 0 Å². The Hall–Kier alpha value is -1.07. The fraction of sp³-hybridized carbons (Fsp3) is 0.0909. The lowest BCUT2D eigenvalue weighted by atomic mass is 10.2. The summed E-state index contributed by atoms with van der Waals surface area (Å²) in [6.45, 7) is 0. The van der Waals surface area contributed by atoms with Crippen molar-refractivity contribution in [3.63, 3.8) is 0 Å². The molecule has 16 heavy (non-hydrogen) atoms. The van der Waals surface area contributed by atoms with Gasteiger partial charge in [0.15, 0.2) is 11.4 Å². The van der Waals surface area contributed by atoms with Gasteiger partial charge in [0.1, 0.15) is 0 Å². The molecule has 82 valence electrons. The van der Waals surface area contributed by atoms with Gasteiger partial charge >= 0.3 is 0 Å². The van der Waals surface area contributed by atoms with Crippen molar-refractivity contribution in [3.8, 4) is 0 Å². The summed E-state index contributed by atoms with van der Waals surface area (Å²) in [7, 11) is 1.93. The van der Waals surface area contributed by atoms with Crippen LogP contribution >= 0.6 is 27.7 Å². The van der Waals surface area contributed by atoms with E-state index in [1.807, 2.05) is 29.9 Å². The van der Waals surface area contributed by atoms with Crippen molar-refractivity contribution in [1.82, 2.24) is 9.55 Å². The maximum atomic E-state index is 10.9. The van der Waals surface area contributed by atoms with E-state index < -0.39 is 0 Å². The highest BCUT2D eigenvalue weighted by Crippen LogP contribution is 2.29. The molecule has 0 aliphatic heterocycles. The van der Waals surface area contributed by atoms with Gasteiger partial charge in [0.05, 0.1) is 0 Å². The van der Waals surface area contributed by atoms with Crippen molar-refractivity contribution < 1.29 is 4.79 Å². The van der Waals surface area contributed by atoms with E-state index in [9.17, 15) is 4.79 Å². The Morgan fingerprint density at radius 1 is 1.50 bits per heavy atom. The smallest absolute Gasteiger partial charge is 0.172 e. The van der Waals surface area contributed by atoms with Crippen LogP contribution in [0.3, 0.4) is 0 Å². The molecule has 0 amide bonds. The second kappa shape index (κ2) is 4.84. The van der Waals surface area contributed by atoms with Crippen LogP contribution in [-0.4, -0.2) is 15.8 Å². The van der Waals surface area contributed by atoms with E-state index in [0.717, 1.165) is 20.8 Å². The van der Waals surface area contributed by atoms with E-state index in [2.05, 4.69) is 20.9 Å². The number of halogens is 1. The number of rotatable bonds is 3. The molecular formula is C11H9BrN2OS. The summed E-state index contributed by atoms with van der Waals surface area (Å²) in [5.74, 6) is 0. The Morgan fingerprint density at radius 3 is 2.94 bits per heavy atom. The van der Waals surface area contributed by atoms with Crippen LogP contribution in [0.15, 0.2) is 45.1 Å². The van der Waals surface area contributed by atoms with Gasteiger partial charge in [-0.25, -0.2) is 4.98 Å².